The largest absolute Gasteiger partial charge is 0.454 e. The SMILES string of the molecule is CCCNC(=O)C(=O)OCc1ccccc1. The highest BCUT2D eigenvalue weighted by Gasteiger charge is 2.13. The molecule has 0 saturated heterocycles. The number of rotatable bonds is 4. The lowest BCUT2D eigenvalue weighted by Gasteiger charge is -2.04. The highest BCUT2D eigenvalue weighted by molar-refractivity contribution is 6.32. The first-order valence-corrected chi connectivity index (χ1v) is 5.23. The van der Waals surface area contributed by atoms with E-state index in [0.717, 1.165) is 12.0 Å². The Kier molecular flexibility index (Phi) is 5.05. The van der Waals surface area contributed by atoms with Gasteiger partial charge >= 0.3 is 11.9 Å². The summed E-state index contributed by atoms with van der Waals surface area (Å²) in [6, 6.07) is 9.23. The van der Waals surface area contributed by atoms with Crippen molar-refractivity contribution in [2.45, 2.75) is 20.0 Å². The number of benzene rings is 1. The fourth-order valence-electron chi connectivity index (χ4n) is 1.10. The number of ether oxygens (including phenoxy) is 1. The van der Waals surface area contributed by atoms with Crippen molar-refractivity contribution in [3.63, 3.8) is 0 Å². The van der Waals surface area contributed by atoms with Gasteiger partial charge in [0.05, 0.1) is 0 Å². The quantitative estimate of drug-likeness (QED) is 0.615. The zero-order chi connectivity index (χ0) is 11.8. The molecule has 0 saturated carbocycles. The van der Waals surface area contributed by atoms with Gasteiger partial charge < -0.3 is 10.1 Å². The summed E-state index contributed by atoms with van der Waals surface area (Å²) in [4.78, 5) is 22.3. The van der Waals surface area contributed by atoms with Crippen LogP contribution in [-0.4, -0.2) is 18.4 Å². The van der Waals surface area contributed by atoms with Crippen molar-refractivity contribution in [2.75, 3.05) is 6.54 Å². The van der Waals surface area contributed by atoms with E-state index in [1.165, 1.54) is 0 Å². The average molecular weight is 221 g/mol. The van der Waals surface area contributed by atoms with Crippen LogP contribution in [0.5, 0.6) is 0 Å². The van der Waals surface area contributed by atoms with Gasteiger partial charge in [0.15, 0.2) is 0 Å². The number of hydrogen-bond acceptors (Lipinski definition) is 3. The highest BCUT2D eigenvalue weighted by atomic mass is 16.5. The van der Waals surface area contributed by atoms with Gasteiger partial charge in [-0.25, -0.2) is 4.79 Å². The number of esters is 1. The molecule has 1 aromatic rings. The fourth-order valence-corrected chi connectivity index (χ4v) is 1.10. The lowest BCUT2D eigenvalue weighted by Crippen LogP contribution is -2.32. The summed E-state index contributed by atoms with van der Waals surface area (Å²) in [6.07, 6.45) is 0.789. The minimum Gasteiger partial charge on any atom is -0.454 e. The molecular weight excluding hydrogens is 206 g/mol. The predicted molar refractivity (Wildman–Crippen MR) is 59.5 cm³/mol. The molecule has 1 aromatic carbocycles. The molecule has 1 N–H and O–H groups in total. The van der Waals surface area contributed by atoms with Crippen LogP contribution in [0.15, 0.2) is 30.3 Å². The smallest absolute Gasteiger partial charge is 0.397 e. The van der Waals surface area contributed by atoms with Gasteiger partial charge in [-0.15, -0.1) is 0 Å². The maximum atomic E-state index is 11.2. The Morgan fingerprint density at radius 3 is 2.56 bits per heavy atom. The van der Waals surface area contributed by atoms with Crippen molar-refractivity contribution in [3.05, 3.63) is 35.9 Å². The van der Waals surface area contributed by atoms with Crippen molar-refractivity contribution in [1.29, 1.82) is 0 Å². The van der Waals surface area contributed by atoms with Crippen LogP contribution < -0.4 is 5.32 Å². The van der Waals surface area contributed by atoms with Gasteiger partial charge in [-0.1, -0.05) is 37.3 Å². The molecule has 0 aliphatic carbocycles. The summed E-state index contributed by atoms with van der Waals surface area (Å²) in [5.41, 5.74) is 0.860. The highest BCUT2D eigenvalue weighted by Crippen LogP contribution is 2.00. The van der Waals surface area contributed by atoms with Crippen molar-refractivity contribution < 1.29 is 14.3 Å². The second kappa shape index (κ2) is 6.61. The fraction of sp³-hybridized carbons (Fsp3) is 0.333. The van der Waals surface area contributed by atoms with E-state index >= 15 is 0 Å². The topological polar surface area (TPSA) is 55.4 Å². The zero-order valence-corrected chi connectivity index (χ0v) is 9.23. The van der Waals surface area contributed by atoms with Crippen molar-refractivity contribution in [1.82, 2.24) is 5.32 Å². The molecule has 0 bridgehead atoms. The van der Waals surface area contributed by atoms with E-state index in [9.17, 15) is 9.59 Å². The Hall–Kier alpha value is -1.84. The second-order valence-electron chi connectivity index (χ2n) is 3.32. The first-order chi connectivity index (χ1) is 7.74. The van der Waals surface area contributed by atoms with Gasteiger partial charge in [-0.3, -0.25) is 4.79 Å². The van der Waals surface area contributed by atoms with Crippen molar-refractivity contribution in [3.8, 4) is 0 Å². The van der Waals surface area contributed by atoms with E-state index in [1.54, 1.807) is 0 Å². The number of amides is 1. The summed E-state index contributed by atoms with van der Waals surface area (Å²) < 4.78 is 4.84. The van der Waals surface area contributed by atoms with E-state index in [2.05, 4.69) is 5.32 Å². The first kappa shape index (κ1) is 12.2. The molecule has 0 heterocycles. The third-order valence-electron chi connectivity index (χ3n) is 1.93. The Bertz CT molecular complexity index is 349. The van der Waals surface area contributed by atoms with Gasteiger partial charge in [0.2, 0.25) is 0 Å². The number of nitrogens with one attached hydrogen (secondary N) is 1. The van der Waals surface area contributed by atoms with Crippen LogP contribution in [0.1, 0.15) is 18.9 Å². The Morgan fingerprint density at radius 1 is 1.25 bits per heavy atom. The molecule has 16 heavy (non-hydrogen) atoms. The van der Waals surface area contributed by atoms with Crippen LogP contribution in [0.2, 0.25) is 0 Å². The number of carbonyl (C=O) groups is 2. The summed E-state index contributed by atoms with van der Waals surface area (Å²) in [5, 5.41) is 2.45. The average Bonchev–Trinajstić information content (AvgIpc) is 2.34. The first-order valence-electron chi connectivity index (χ1n) is 5.23. The molecule has 86 valence electrons. The summed E-state index contributed by atoms with van der Waals surface area (Å²) in [7, 11) is 0. The van der Waals surface area contributed by atoms with Gasteiger partial charge in [-0.05, 0) is 12.0 Å². The molecule has 4 nitrogen and oxygen atoms in total. The van der Waals surface area contributed by atoms with Crippen LogP contribution in [-0.2, 0) is 20.9 Å². The minimum absolute atomic E-state index is 0.124. The molecule has 0 aliphatic heterocycles. The number of carbonyl (C=O) groups excluding carboxylic acids is 2. The summed E-state index contributed by atoms with van der Waals surface area (Å²) in [6.45, 7) is 2.52. The summed E-state index contributed by atoms with van der Waals surface area (Å²) >= 11 is 0. The van der Waals surface area contributed by atoms with E-state index in [4.69, 9.17) is 4.74 Å². The standard InChI is InChI=1S/C12H15NO3/c1-2-8-13-11(14)12(15)16-9-10-6-4-3-5-7-10/h3-7H,2,8-9H2,1H3,(H,13,14). The molecule has 0 aliphatic rings. The third-order valence-corrected chi connectivity index (χ3v) is 1.93. The normalized spacial score (nSPS) is 9.56. The molecule has 4 heteroatoms. The maximum Gasteiger partial charge on any atom is 0.397 e. The molecule has 0 aromatic heterocycles. The Balaban J connectivity index is 2.32. The maximum absolute atomic E-state index is 11.2. The van der Waals surface area contributed by atoms with E-state index in [-0.39, 0.29) is 6.61 Å². The van der Waals surface area contributed by atoms with Crippen LogP contribution in [0.3, 0.4) is 0 Å². The van der Waals surface area contributed by atoms with Gasteiger partial charge in [0.25, 0.3) is 0 Å². The van der Waals surface area contributed by atoms with Gasteiger partial charge in [0.1, 0.15) is 6.61 Å². The molecule has 0 unspecified atom stereocenters. The monoisotopic (exact) mass is 221 g/mol. The zero-order valence-electron chi connectivity index (χ0n) is 9.23. The van der Waals surface area contributed by atoms with Crippen LogP contribution >= 0.6 is 0 Å². The Labute approximate surface area is 94.6 Å². The van der Waals surface area contributed by atoms with Crippen molar-refractivity contribution in [2.24, 2.45) is 0 Å². The molecule has 0 radical (unpaired) electrons. The Morgan fingerprint density at radius 2 is 1.94 bits per heavy atom. The molecule has 1 rings (SSSR count). The molecule has 1 amide bonds. The van der Waals surface area contributed by atoms with Crippen LogP contribution in [0.25, 0.3) is 0 Å². The van der Waals surface area contributed by atoms with Crippen molar-refractivity contribution >= 4 is 11.9 Å². The van der Waals surface area contributed by atoms with E-state index in [1.807, 2.05) is 37.3 Å². The molecular formula is C12H15NO3. The van der Waals surface area contributed by atoms with E-state index < -0.39 is 11.9 Å². The second-order valence-corrected chi connectivity index (χ2v) is 3.32. The minimum atomic E-state index is -0.836. The molecule has 0 fully saturated rings. The lowest BCUT2D eigenvalue weighted by atomic mass is 10.2. The van der Waals surface area contributed by atoms with Crippen LogP contribution in [0, 0.1) is 0 Å². The third kappa shape index (κ3) is 4.13. The molecule has 0 atom stereocenters. The summed E-state index contributed by atoms with van der Waals surface area (Å²) in [5.74, 6) is -1.52. The number of hydrogen-bond donors (Lipinski definition) is 1. The lowest BCUT2D eigenvalue weighted by molar-refractivity contribution is -0.155. The van der Waals surface area contributed by atoms with Crippen LogP contribution in [0.4, 0.5) is 0 Å². The van der Waals surface area contributed by atoms with E-state index in [0.29, 0.717) is 6.54 Å². The molecule has 0 spiro atoms. The van der Waals surface area contributed by atoms with Gasteiger partial charge in [0, 0.05) is 6.54 Å². The predicted octanol–water partition coefficient (Wildman–Crippen LogP) is 1.26. The van der Waals surface area contributed by atoms with Gasteiger partial charge in [-0.2, -0.15) is 0 Å².